The van der Waals surface area contributed by atoms with Gasteiger partial charge in [-0.25, -0.2) is 13.2 Å². The van der Waals surface area contributed by atoms with Gasteiger partial charge in [0.2, 0.25) is 10.0 Å². The number of sulfonamides is 1. The van der Waals surface area contributed by atoms with E-state index >= 15 is 0 Å². The normalized spacial score (nSPS) is 20.3. The van der Waals surface area contributed by atoms with Crippen LogP contribution in [0.4, 0.5) is 0 Å². The van der Waals surface area contributed by atoms with Crippen molar-refractivity contribution in [3.63, 3.8) is 0 Å². The minimum absolute atomic E-state index is 0.00882. The molecule has 1 unspecified atom stereocenters. The summed E-state index contributed by atoms with van der Waals surface area (Å²) in [6, 6.07) is 9.64. The van der Waals surface area contributed by atoms with Crippen molar-refractivity contribution >= 4 is 39.2 Å². The maximum atomic E-state index is 13.9. The average Bonchev–Trinajstić information content (AvgIpc) is 3.06. The van der Waals surface area contributed by atoms with E-state index in [9.17, 15) is 18.3 Å². The van der Waals surface area contributed by atoms with Gasteiger partial charge in [0.05, 0.1) is 26.6 Å². The first kappa shape index (κ1) is 22.8. The van der Waals surface area contributed by atoms with Crippen molar-refractivity contribution < 1.29 is 18.3 Å². The Bertz CT molecular complexity index is 1140. The lowest BCUT2D eigenvalue weighted by molar-refractivity contribution is -0.133. The van der Waals surface area contributed by atoms with Crippen LogP contribution in [0.1, 0.15) is 37.9 Å². The number of carboxylic acid groups (broad SMARTS) is 1. The molecule has 0 aliphatic carbocycles. The molecule has 0 spiro atoms. The smallest absolute Gasteiger partial charge is 0.333 e. The third kappa shape index (κ3) is 4.02. The number of rotatable bonds is 4. The van der Waals surface area contributed by atoms with Crippen LogP contribution in [0.25, 0.3) is 0 Å². The third-order valence-electron chi connectivity index (χ3n) is 5.20. The first-order valence-corrected chi connectivity index (χ1v) is 11.5. The van der Waals surface area contributed by atoms with Gasteiger partial charge in [-0.3, -0.25) is 0 Å². The molecule has 2 aromatic rings. The minimum Gasteiger partial charge on any atom is -0.478 e. The summed E-state index contributed by atoms with van der Waals surface area (Å²) in [6.07, 6.45) is 1.53. The Kier molecular flexibility index (Phi) is 6.09. The maximum Gasteiger partial charge on any atom is 0.333 e. The van der Waals surface area contributed by atoms with Gasteiger partial charge in [0.25, 0.3) is 0 Å². The molecule has 3 rings (SSSR count). The van der Waals surface area contributed by atoms with Crippen molar-refractivity contribution in [2.45, 2.75) is 44.7 Å². The first-order chi connectivity index (χ1) is 13.9. The molecule has 0 bridgehead atoms. The van der Waals surface area contributed by atoms with E-state index in [4.69, 9.17) is 23.2 Å². The lowest BCUT2D eigenvalue weighted by atomic mass is 9.87. The van der Waals surface area contributed by atoms with E-state index in [2.05, 4.69) is 0 Å². The summed E-state index contributed by atoms with van der Waals surface area (Å²) in [4.78, 5) is 12.3. The Morgan fingerprint density at radius 1 is 1.07 bits per heavy atom. The molecular weight excluding hydrogens is 445 g/mol. The number of hydrogen-bond acceptors (Lipinski definition) is 3. The molecular formula is C22H23Cl2NO4S. The van der Waals surface area contributed by atoms with Crippen LogP contribution in [-0.4, -0.2) is 29.8 Å². The van der Waals surface area contributed by atoms with Gasteiger partial charge in [0, 0.05) is 6.04 Å². The van der Waals surface area contributed by atoms with Crippen molar-refractivity contribution in [3.05, 3.63) is 75.3 Å². The SMILES string of the molecule is Cc1ccccc1S(=O)(=O)N1C(c2ccc(Cl)c(Cl)c2)C(C(=O)O)=C[C@H]1C(C)(C)C. The molecule has 1 N–H and O–H groups in total. The van der Waals surface area contributed by atoms with Gasteiger partial charge in [0.1, 0.15) is 0 Å². The van der Waals surface area contributed by atoms with E-state index in [-0.39, 0.29) is 15.5 Å². The molecule has 1 heterocycles. The van der Waals surface area contributed by atoms with E-state index in [0.717, 1.165) is 0 Å². The highest BCUT2D eigenvalue weighted by atomic mass is 35.5. The second-order valence-electron chi connectivity index (χ2n) is 8.41. The number of halogens is 2. The minimum atomic E-state index is -4.05. The largest absolute Gasteiger partial charge is 0.478 e. The van der Waals surface area contributed by atoms with Crippen molar-refractivity contribution in [1.82, 2.24) is 4.31 Å². The van der Waals surface area contributed by atoms with Crippen molar-refractivity contribution in [3.8, 4) is 0 Å². The zero-order valence-electron chi connectivity index (χ0n) is 17.1. The first-order valence-electron chi connectivity index (χ1n) is 9.35. The van der Waals surface area contributed by atoms with Gasteiger partial charge < -0.3 is 5.11 Å². The Morgan fingerprint density at radius 3 is 2.23 bits per heavy atom. The topological polar surface area (TPSA) is 74.7 Å². The second-order valence-corrected chi connectivity index (χ2v) is 11.0. The van der Waals surface area contributed by atoms with Gasteiger partial charge in [-0.15, -0.1) is 0 Å². The number of carbonyl (C=O) groups is 1. The monoisotopic (exact) mass is 467 g/mol. The summed E-state index contributed by atoms with van der Waals surface area (Å²) in [5.74, 6) is -1.18. The van der Waals surface area contributed by atoms with Crippen molar-refractivity contribution in [1.29, 1.82) is 0 Å². The summed E-state index contributed by atoms with van der Waals surface area (Å²) < 4.78 is 29.0. The molecule has 5 nitrogen and oxygen atoms in total. The number of hydrogen-bond donors (Lipinski definition) is 1. The fraction of sp³-hybridized carbons (Fsp3) is 0.318. The van der Waals surface area contributed by atoms with E-state index in [1.54, 1.807) is 37.3 Å². The molecule has 0 fully saturated rings. The molecule has 0 aromatic heterocycles. The summed E-state index contributed by atoms with van der Waals surface area (Å²) in [5, 5.41) is 10.4. The van der Waals surface area contributed by atoms with Crippen LogP contribution >= 0.6 is 23.2 Å². The molecule has 8 heteroatoms. The summed E-state index contributed by atoms with van der Waals surface area (Å²) in [5.41, 5.74) is 0.468. The standard InChI is InChI=1S/C22H23Cl2NO4S/c1-13-7-5-6-8-18(13)30(28,29)25-19(22(2,3)4)12-15(21(26)27)20(25)14-9-10-16(23)17(24)11-14/h5-12,19-20H,1-4H3,(H,26,27)/t19-,20?/m0/s1. The summed E-state index contributed by atoms with van der Waals surface area (Å²) in [7, 11) is -4.05. The highest BCUT2D eigenvalue weighted by Gasteiger charge is 2.49. The van der Waals surface area contributed by atoms with Crippen LogP contribution in [0.15, 0.2) is 59.0 Å². The maximum absolute atomic E-state index is 13.9. The predicted molar refractivity (Wildman–Crippen MR) is 118 cm³/mol. The van der Waals surface area contributed by atoms with Crippen LogP contribution in [0.3, 0.4) is 0 Å². The van der Waals surface area contributed by atoms with Gasteiger partial charge in [0.15, 0.2) is 0 Å². The van der Waals surface area contributed by atoms with Gasteiger partial charge >= 0.3 is 5.97 Å². The van der Waals surface area contributed by atoms with Crippen LogP contribution in [0.5, 0.6) is 0 Å². The van der Waals surface area contributed by atoms with Gasteiger partial charge in [-0.05, 0) is 41.7 Å². The Hall–Kier alpha value is -1.86. The highest BCUT2D eigenvalue weighted by Crippen LogP contribution is 2.47. The third-order valence-corrected chi connectivity index (χ3v) is 7.95. The van der Waals surface area contributed by atoms with Gasteiger partial charge in [-0.1, -0.05) is 74.3 Å². The fourth-order valence-corrected chi connectivity index (χ4v) is 6.16. The Labute approximate surface area is 187 Å². The van der Waals surface area contributed by atoms with Crippen LogP contribution in [0.2, 0.25) is 10.0 Å². The Morgan fingerprint density at radius 2 is 1.70 bits per heavy atom. The molecule has 2 aromatic carbocycles. The summed E-state index contributed by atoms with van der Waals surface area (Å²) >= 11 is 12.2. The van der Waals surface area contributed by atoms with E-state index in [1.807, 2.05) is 20.8 Å². The van der Waals surface area contributed by atoms with Gasteiger partial charge in [-0.2, -0.15) is 4.31 Å². The molecule has 0 amide bonds. The molecule has 30 heavy (non-hydrogen) atoms. The molecule has 0 saturated heterocycles. The van der Waals surface area contributed by atoms with E-state index in [0.29, 0.717) is 16.1 Å². The second kappa shape index (κ2) is 8.00. The molecule has 1 aliphatic rings. The average molecular weight is 468 g/mol. The molecule has 1 aliphatic heterocycles. The predicted octanol–water partition coefficient (Wildman–Crippen LogP) is 5.47. The van der Waals surface area contributed by atoms with Crippen LogP contribution < -0.4 is 0 Å². The molecule has 160 valence electrons. The molecule has 0 radical (unpaired) electrons. The van der Waals surface area contributed by atoms with E-state index in [1.165, 1.54) is 22.5 Å². The Balaban J connectivity index is 2.30. The molecule has 0 saturated carbocycles. The van der Waals surface area contributed by atoms with Crippen molar-refractivity contribution in [2.75, 3.05) is 0 Å². The number of benzene rings is 2. The van der Waals surface area contributed by atoms with Crippen LogP contribution in [0, 0.1) is 12.3 Å². The number of carboxylic acids is 1. The lowest BCUT2D eigenvalue weighted by Gasteiger charge is -2.37. The molecule has 2 atom stereocenters. The zero-order valence-corrected chi connectivity index (χ0v) is 19.4. The lowest BCUT2D eigenvalue weighted by Crippen LogP contribution is -2.45. The number of aliphatic carboxylic acids is 1. The van der Waals surface area contributed by atoms with E-state index < -0.39 is 33.5 Å². The number of nitrogens with zero attached hydrogens (tertiary/aromatic N) is 1. The highest BCUT2D eigenvalue weighted by molar-refractivity contribution is 7.89. The quantitative estimate of drug-likeness (QED) is 0.646. The van der Waals surface area contributed by atoms with Crippen LogP contribution in [-0.2, 0) is 14.8 Å². The van der Waals surface area contributed by atoms with Crippen molar-refractivity contribution in [2.24, 2.45) is 5.41 Å². The number of aryl methyl sites for hydroxylation is 1. The summed E-state index contributed by atoms with van der Waals surface area (Å²) in [6.45, 7) is 7.36. The fourth-order valence-electron chi connectivity index (χ4n) is 3.71. The zero-order chi connectivity index (χ0) is 22.4.